The van der Waals surface area contributed by atoms with E-state index in [1.807, 2.05) is 47.6 Å². The van der Waals surface area contributed by atoms with Gasteiger partial charge in [0.05, 0.1) is 10.6 Å². The molecule has 1 saturated heterocycles. The van der Waals surface area contributed by atoms with Crippen LogP contribution in [0.1, 0.15) is 31.9 Å². The van der Waals surface area contributed by atoms with E-state index in [9.17, 15) is 4.79 Å². The molecule has 1 atom stereocenters. The van der Waals surface area contributed by atoms with Crippen molar-refractivity contribution in [2.75, 3.05) is 13.1 Å². The summed E-state index contributed by atoms with van der Waals surface area (Å²) in [6.07, 6.45) is 2.84. The van der Waals surface area contributed by atoms with Gasteiger partial charge in [-0.2, -0.15) is 5.10 Å². The van der Waals surface area contributed by atoms with E-state index in [-0.39, 0.29) is 11.2 Å². The maximum atomic E-state index is 13.0. The number of fused-ring (bicyclic) bond motifs is 1. The van der Waals surface area contributed by atoms with Gasteiger partial charge < -0.3 is 4.90 Å². The summed E-state index contributed by atoms with van der Waals surface area (Å²) in [5.41, 5.74) is 2.46. The van der Waals surface area contributed by atoms with Crippen LogP contribution in [-0.2, 0) is 4.79 Å². The third-order valence-electron chi connectivity index (χ3n) is 5.18. The minimum atomic E-state index is -0.237. The Hall–Kier alpha value is -2.13. The molecule has 4 rings (SSSR count). The van der Waals surface area contributed by atoms with Gasteiger partial charge in [0.2, 0.25) is 5.91 Å². The van der Waals surface area contributed by atoms with Crippen LogP contribution in [0.15, 0.2) is 33.9 Å². The molecular weight excluding hydrogens is 452 g/mol. The van der Waals surface area contributed by atoms with Crippen molar-refractivity contribution >= 4 is 44.6 Å². The maximum absolute atomic E-state index is 13.0. The second kappa shape index (κ2) is 8.31. The highest BCUT2D eigenvalue weighted by Gasteiger charge is 2.28. The largest absolute Gasteiger partial charge is 0.342 e. The molecule has 1 aliphatic rings. The topological polar surface area (TPSA) is 90.7 Å². The first-order valence-corrected chi connectivity index (χ1v) is 11.4. The van der Waals surface area contributed by atoms with Crippen molar-refractivity contribution in [1.29, 1.82) is 5.41 Å². The predicted molar refractivity (Wildman–Crippen MR) is 117 cm³/mol. The predicted octanol–water partition coefficient (Wildman–Crippen LogP) is 3.79. The Bertz CT molecular complexity index is 1100. The van der Waals surface area contributed by atoms with Crippen LogP contribution in [-0.4, -0.2) is 48.9 Å². The van der Waals surface area contributed by atoms with Crippen molar-refractivity contribution in [1.82, 2.24) is 24.6 Å². The Morgan fingerprint density at radius 1 is 1.31 bits per heavy atom. The molecule has 0 radical (unpaired) electrons. The number of nitrogens with one attached hydrogen (secondary N) is 2. The van der Waals surface area contributed by atoms with Gasteiger partial charge in [0.1, 0.15) is 5.49 Å². The van der Waals surface area contributed by atoms with Gasteiger partial charge in [-0.15, -0.1) is 0 Å². The zero-order valence-electron chi connectivity index (χ0n) is 16.4. The second-order valence-corrected chi connectivity index (χ2v) is 9.23. The van der Waals surface area contributed by atoms with E-state index in [4.69, 9.17) is 10.4 Å². The molecule has 1 fully saturated rings. The number of nitrogens with zero attached hydrogens (tertiary/aromatic N) is 4. The van der Waals surface area contributed by atoms with Crippen LogP contribution >= 0.6 is 27.7 Å². The minimum absolute atomic E-state index is 0.156. The van der Waals surface area contributed by atoms with E-state index in [1.54, 1.807) is 0 Å². The molecule has 3 aromatic rings. The Morgan fingerprint density at radius 3 is 2.66 bits per heavy atom. The summed E-state index contributed by atoms with van der Waals surface area (Å²) in [7, 11) is 0. The number of aryl methyl sites for hydroxylation is 1. The Morgan fingerprint density at radius 2 is 2.00 bits per heavy atom. The number of carbonyl (C=O) groups is 1. The lowest BCUT2D eigenvalue weighted by Gasteiger charge is -2.23. The molecule has 0 aliphatic carbocycles. The van der Waals surface area contributed by atoms with E-state index in [1.165, 1.54) is 11.8 Å². The first-order valence-electron chi connectivity index (χ1n) is 9.73. The average molecular weight is 475 g/mol. The lowest BCUT2D eigenvalue weighted by atomic mass is 10.3. The van der Waals surface area contributed by atoms with Crippen molar-refractivity contribution in [2.45, 2.75) is 43.5 Å². The fraction of sp³-hybridized carbons (Fsp3) is 0.400. The number of likely N-dealkylation sites (tertiary alicyclic amines) is 1. The smallest absolute Gasteiger partial charge is 0.236 e. The summed E-state index contributed by atoms with van der Waals surface area (Å²) >= 11 is 4.89. The van der Waals surface area contributed by atoms with E-state index < -0.39 is 0 Å². The SMILES string of the molecule is CC[C@@H](Sc1nc2n[nH]c(C)c2c(=N)n1-c1ccc(Br)cc1)C(=O)N1CCCC1. The summed E-state index contributed by atoms with van der Waals surface area (Å²) in [6, 6.07) is 7.77. The zero-order valence-corrected chi connectivity index (χ0v) is 18.8. The van der Waals surface area contributed by atoms with E-state index >= 15 is 0 Å². The van der Waals surface area contributed by atoms with E-state index in [2.05, 4.69) is 26.1 Å². The monoisotopic (exact) mass is 474 g/mol. The first-order chi connectivity index (χ1) is 14.0. The molecule has 2 aromatic heterocycles. The van der Waals surface area contributed by atoms with E-state index in [0.29, 0.717) is 28.1 Å². The number of H-pyrrole nitrogens is 1. The summed E-state index contributed by atoms with van der Waals surface area (Å²) in [6.45, 7) is 5.57. The average Bonchev–Trinajstić information content (AvgIpc) is 3.37. The highest BCUT2D eigenvalue weighted by molar-refractivity contribution is 9.10. The van der Waals surface area contributed by atoms with Crippen LogP contribution in [0.4, 0.5) is 0 Å². The lowest BCUT2D eigenvalue weighted by molar-refractivity contribution is -0.129. The number of aromatic nitrogens is 4. The first kappa shape index (κ1) is 20.2. The van der Waals surface area contributed by atoms with Crippen LogP contribution in [0.25, 0.3) is 16.7 Å². The molecule has 0 bridgehead atoms. The summed E-state index contributed by atoms with van der Waals surface area (Å²) < 4.78 is 2.77. The molecule has 1 aromatic carbocycles. The van der Waals surface area contributed by atoms with Crippen LogP contribution in [0.3, 0.4) is 0 Å². The molecule has 1 amide bonds. The van der Waals surface area contributed by atoms with Crippen LogP contribution in [0.2, 0.25) is 0 Å². The molecule has 2 N–H and O–H groups in total. The van der Waals surface area contributed by atoms with Gasteiger partial charge in [0, 0.05) is 28.9 Å². The molecule has 0 unspecified atom stereocenters. The standard InChI is InChI=1S/C20H23BrN6OS/c1-3-15(19(28)26-10-4-5-11-26)29-20-23-18-16(12(2)24-25-18)17(22)27(20)14-8-6-13(21)7-9-14/h6-9,15,22H,3-5,10-11H2,1-2H3,(H,24,25)/t15-/m1/s1. The Balaban J connectivity index is 1.81. The summed E-state index contributed by atoms with van der Waals surface area (Å²) in [4.78, 5) is 19.7. The molecule has 152 valence electrons. The quantitative estimate of drug-likeness (QED) is 0.434. The van der Waals surface area contributed by atoms with Crippen molar-refractivity contribution < 1.29 is 4.79 Å². The number of hydrogen-bond donors (Lipinski definition) is 2. The third kappa shape index (κ3) is 3.85. The van der Waals surface area contributed by atoms with Gasteiger partial charge in [0.15, 0.2) is 10.8 Å². The van der Waals surface area contributed by atoms with Crippen LogP contribution < -0.4 is 5.49 Å². The molecule has 9 heteroatoms. The Kier molecular flexibility index (Phi) is 5.78. The molecule has 0 spiro atoms. The number of aromatic amines is 1. The van der Waals surface area contributed by atoms with Crippen LogP contribution in [0, 0.1) is 12.3 Å². The van der Waals surface area contributed by atoms with Gasteiger partial charge >= 0.3 is 0 Å². The molecule has 3 heterocycles. The van der Waals surface area contributed by atoms with Crippen molar-refractivity contribution in [3.8, 4) is 5.69 Å². The molecular formula is C20H23BrN6OS. The lowest BCUT2D eigenvalue weighted by Crippen LogP contribution is -2.35. The van der Waals surface area contributed by atoms with Gasteiger partial charge in [0.25, 0.3) is 0 Å². The normalized spacial score (nSPS) is 15.2. The summed E-state index contributed by atoms with van der Waals surface area (Å²) in [5, 5.41) is 17.1. The number of rotatable bonds is 5. The number of amides is 1. The van der Waals surface area contributed by atoms with Crippen molar-refractivity contribution in [2.24, 2.45) is 0 Å². The third-order valence-corrected chi connectivity index (χ3v) is 7.01. The van der Waals surface area contributed by atoms with Gasteiger partial charge in [-0.3, -0.25) is 19.9 Å². The van der Waals surface area contributed by atoms with Crippen molar-refractivity contribution in [3.05, 3.63) is 39.9 Å². The molecule has 7 nitrogen and oxygen atoms in total. The molecule has 1 aliphatic heterocycles. The highest BCUT2D eigenvalue weighted by Crippen LogP contribution is 2.29. The molecule has 29 heavy (non-hydrogen) atoms. The number of benzene rings is 1. The fourth-order valence-corrected chi connectivity index (χ4v) is 4.99. The minimum Gasteiger partial charge on any atom is -0.342 e. The van der Waals surface area contributed by atoms with Gasteiger partial charge in [-0.05, 0) is 50.5 Å². The van der Waals surface area contributed by atoms with E-state index in [0.717, 1.165) is 41.8 Å². The number of thioether (sulfide) groups is 1. The fourth-order valence-electron chi connectivity index (χ4n) is 3.61. The highest BCUT2D eigenvalue weighted by atomic mass is 79.9. The van der Waals surface area contributed by atoms with Crippen LogP contribution in [0.5, 0.6) is 0 Å². The Labute approximate surface area is 181 Å². The second-order valence-electron chi connectivity index (χ2n) is 7.15. The van der Waals surface area contributed by atoms with Gasteiger partial charge in [-0.25, -0.2) is 4.98 Å². The maximum Gasteiger partial charge on any atom is 0.236 e. The van der Waals surface area contributed by atoms with Crippen molar-refractivity contribution in [3.63, 3.8) is 0 Å². The van der Waals surface area contributed by atoms with Gasteiger partial charge in [-0.1, -0.05) is 34.6 Å². The number of carbonyl (C=O) groups excluding carboxylic acids is 1. The zero-order chi connectivity index (χ0) is 20.5. The number of halogens is 1. The summed E-state index contributed by atoms with van der Waals surface area (Å²) in [5.74, 6) is 0.156. The number of hydrogen-bond acceptors (Lipinski definition) is 5. The molecule has 0 saturated carbocycles.